The minimum Gasteiger partial charge on any atom is -0.496 e. The summed E-state index contributed by atoms with van der Waals surface area (Å²) in [5.41, 5.74) is 10.9. The molecule has 1 aliphatic rings. The molecule has 4 aromatic carbocycles. The summed E-state index contributed by atoms with van der Waals surface area (Å²) in [7, 11) is 1.70. The second-order valence-electron chi connectivity index (χ2n) is 9.23. The number of benzene rings is 4. The Morgan fingerprint density at radius 1 is 1.00 bits per heavy atom. The van der Waals surface area contributed by atoms with Gasteiger partial charge in [0.25, 0.3) is 5.91 Å². The highest BCUT2D eigenvalue weighted by Crippen LogP contribution is 2.46. The molecule has 5 rings (SSSR count). The van der Waals surface area contributed by atoms with E-state index in [2.05, 4.69) is 59.6 Å². The first-order valence-electron chi connectivity index (χ1n) is 12.5. The average Bonchev–Trinajstić information content (AvgIpc) is 2.90. The van der Waals surface area contributed by atoms with Crippen molar-refractivity contribution < 1.29 is 9.53 Å². The van der Waals surface area contributed by atoms with Crippen molar-refractivity contribution in [1.29, 1.82) is 0 Å². The maximum absolute atomic E-state index is 13.2. The fourth-order valence-corrected chi connectivity index (χ4v) is 5.45. The summed E-state index contributed by atoms with van der Waals surface area (Å²) >= 11 is 0. The molecule has 0 atom stereocenters. The fraction of sp³-hybridized carbons (Fsp3) is 0.300. The second-order valence-corrected chi connectivity index (χ2v) is 9.23. The number of carbonyl (C=O) groups excluding carboxylic acids is 1. The lowest BCUT2D eigenvalue weighted by molar-refractivity contribution is 0.1000. The molecule has 0 aromatic heterocycles. The summed E-state index contributed by atoms with van der Waals surface area (Å²) in [6.45, 7) is 5.61. The molecular formula is C30H34ClN3O2. The normalized spacial score (nSPS) is 13.6. The van der Waals surface area contributed by atoms with Crippen molar-refractivity contribution in [3.8, 4) is 16.9 Å². The fourth-order valence-electron chi connectivity index (χ4n) is 5.45. The third-order valence-electron chi connectivity index (χ3n) is 7.09. The number of primary amides is 1. The summed E-state index contributed by atoms with van der Waals surface area (Å²) in [4.78, 5) is 15.6. The SMILES string of the molecule is CCCCc1c(C(N)=O)c(N2CCNCC2)c2cc3ccccc3cc2c1-c1ccccc1OC.Cl. The number of methoxy groups -OCH3 is 1. The molecule has 0 aliphatic carbocycles. The number of nitrogens with one attached hydrogen (secondary N) is 1. The summed E-state index contributed by atoms with van der Waals surface area (Å²) in [6.07, 6.45) is 2.79. The Morgan fingerprint density at radius 3 is 2.28 bits per heavy atom. The number of amides is 1. The molecule has 1 heterocycles. The van der Waals surface area contributed by atoms with E-state index in [1.807, 2.05) is 18.2 Å². The minimum atomic E-state index is -0.365. The van der Waals surface area contributed by atoms with Crippen molar-refractivity contribution in [3.63, 3.8) is 0 Å². The number of ether oxygens (including phenoxy) is 1. The molecule has 0 bridgehead atoms. The van der Waals surface area contributed by atoms with Crippen LogP contribution in [0.15, 0.2) is 60.7 Å². The predicted molar refractivity (Wildman–Crippen MR) is 153 cm³/mol. The zero-order valence-corrected chi connectivity index (χ0v) is 21.8. The van der Waals surface area contributed by atoms with E-state index < -0.39 is 0 Å². The van der Waals surface area contributed by atoms with Gasteiger partial charge in [-0.25, -0.2) is 0 Å². The molecule has 188 valence electrons. The molecule has 0 radical (unpaired) electrons. The largest absolute Gasteiger partial charge is 0.496 e. The van der Waals surface area contributed by atoms with Gasteiger partial charge in [-0.2, -0.15) is 0 Å². The minimum absolute atomic E-state index is 0. The van der Waals surface area contributed by atoms with Crippen LogP contribution in [0.2, 0.25) is 0 Å². The number of fused-ring (bicyclic) bond motifs is 2. The van der Waals surface area contributed by atoms with Gasteiger partial charge in [-0.05, 0) is 58.3 Å². The number of piperazine rings is 1. The van der Waals surface area contributed by atoms with E-state index >= 15 is 0 Å². The maximum Gasteiger partial charge on any atom is 0.251 e. The van der Waals surface area contributed by atoms with Crippen molar-refractivity contribution in [2.45, 2.75) is 26.2 Å². The van der Waals surface area contributed by atoms with Crippen molar-refractivity contribution in [3.05, 3.63) is 71.8 Å². The van der Waals surface area contributed by atoms with Crippen LogP contribution in [0.25, 0.3) is 32.7 Å². The van der Waals surface area contributed by atoms with Crippen LogP contribution in [0, 0.1) is 0 Å². The third kappa shape index (κ3) is 4.61. The third-order valence-corrected chi connectivity index (χ3v) is 7.09. The van der Waals surface area contributed by atoms with E-state index in [-0.39, 0.29) is 18.3 Å². The van der Waals surface area contributed by atoms with Crippen LogP contribution in [0.1, 0.15) is 35.7 Å². The summed E-state index contributed by atoms with van der Waals surface area (Å²) < 4.78 is 5.81. The number of para-hydroxylation sites is 1. The van der Waals surface area contributed by atoms with E-state index in [1.54, 1.807) is 7.11 Å². The predicted octanol–water partition coefficient (Wildman–Crippen LogP) is 5.94. The molecule has 1 fully saturated rings. The number of rotatable bonds is 7. The highest BCUT2D eigenvalue weighted by Gasteiger charge is 2.28. The van der Waals surface area contributed by atoms with Crippen LogP contribution in [0.5, 0.6) is 5.75 Å². The van der Waals surface area contributed by atoms with Gasteiger partial charge in [0.05, 0.1) is 18.4 Å². The van der Waals surface area contributed by atoms with Gasteiger partial charge in [0, 0.05) is 37.1 Å². The molecule has 1 saturated heterocycles. The van der Waals surface area contributed by atoms with Gasteiger partial charge in [-0.3, -0.25) is 4.79 Å². The first kappa shape index (κ1) is 25.8. The highest BCUT2D eigenvalue weighted by molar-refractivity contribution is 6.18. The first-order chi connectivity index (χ1) is 17.1. The Hall–Kier alpha value is -3.28. The topological polar surface area (TPSA) is 67.6 Å². The van der Waals surface area contributed by atoms with Crippen molar-refractivity contribution >= 4 is 45.5 Å². The number of hydrogen-bond acceptors (Lipinski definition) is 4. The van der Waals surface area contributed by atoms with Gasteiger partial charge in [0.1, 0.15) is 5.75 Å². The molecule has 6 heteroatoms. The molecule has 36 heavy (non-hydrogen) atoms. The van der Waals surface area contributed by atoms with E-state index in [4.69, 9.17) is 10.5 Å². The standard InChI is InChI=1S/C30H33N3O2.ClH/c1-3-4-11-23-27(22-12-7-8-13-26(22)35-2)24-18-20-9-5-6-10-21(20)19-25(24)29(28(23)30(31)34)33-16-14-32-15-17-33;/h5-10,12-13,18-19,32H,3-4,11,14-17H2,1-2H3,(H2,31,34);1H. The number of unbranched alkanes of at least 4 members (excludes halogenated alkanes) is 1. The van der Waals surface area contributed by atoms with Gasteiger partial charge in [-0.1, -0.05) is 55.8 Å². The summed E-state index contributed by atoms with van der Waals surface area (Å²) in [5, 5.41) is 7.97. The van der Waals surface area contributed by atoms with Crippen molar-refractivity contribution in [2.75, 3.05) is 38.2 Å². The number of nitrogens with zero attached hydrogens (tertiary/aromatic N) is 1. The van der Waals surface area contributed by atoms with Crippen molar-refractivity contribution in [2.24, 2.45) is 5.73 Å². The monoisotopic (exact) mass is 503 g/mol. The molecule has 5 nitrogen and oxygen atoms in total. The lowest BCUT2D eigenvalue weighted by Crippen LogP contribution is -2.44. The number of anilines is 1. The van der Waals surface area contributed by atoms with Gasteiger partial charge in [0.2, 0.25) is 0 Å². The smallest absolute Gasteiger partial charge is 0.251 e. The molecule has 1 amide bonds. The van der Waals surface area contributed by atoms with E-state index in [0.717, 1.165) is 89.7 Å². The Labute approximate surface area is 219 Å². The summed E-state index contributed by atoms with van der Waals surface area (Å²) in [5.74, 6) is 0.431. The second kappa shape index (κ2) is 11.2. The van der Waals surface area contributed by atoms with Crippen LogP contribution in [0.4, 0.5) is 5.69 Å². The maximum atomic E-state index is 13.2. The Kier molecular flexibility index (Phi) is 8.02. The van der Waals surface area contributed by atoms with E-state index in [0.29, 0.717) is 5.56 Å². The van der Waals surface area contributed by atoms with Gasteiger partial charge < -0.3 is 20.7 Å². The van der Waals surface area contributed by atoms with Crippen LogP contribution < -0.4 is 20.7 Å². The van der Waals surface area contributed by atoms with Crippen LogP contribution in [0.3, 0.4) is 0 Å². The molecule has 0 unspecified atom stereocenters. The van der Waals surface area contributed by atoms with Gasteiger partial charge in [0.15, 0.2) is 0 Å². The number of halogens is 1. The number of nitrogens with two attached hydrogens (primary N) is 1. The van der Waals surface area contributed by atoms with Crippen LogP contribution >= 0.6 is 12.4 Å². The summed E-state index contributed by atoms with van der Waals surface area (Å²) in [6, 6.07) is 21.0. The zero-order valence-electron chi connectivity index (χ0n) is 21.0. The Morgan fingerprint density at radius 2 is 1.64 bits per heavy atom. The highest BCUT2D eigenvalue weighted by atomic mass is 35.5. The molecule has 0 spiro atoms. The van der Waals surface area contributed by atoms with E-state index in [9.17, 15) is 4.79 Å². The number of carbonyl (C=O) groups is 1. The van der Waals surface area contributed by atoms with Crippen molar-refractivity contribution in [1.82, 2.24) is 5.32 Å². The average molecular weight is 504 g/mol. The molecule has 1 aliphatic heterocycles. The van der Waals surface area contributed by atoms with Crippen LogP contribution in [-0.2, 0) is 6.42 Å². The molecule has 0 saturated carbocycles. The van der Waals surface area contributed by atoms with Crippen LogP contribution in [-0.4, -0.2) is 39.2 Å². The molecular weight excluding hydrogens is 470 g/mol. The first-order valence-corrected chi connectivity index (χ1v) is 12.5. The number of hydrogen-bond donors (Lipinski definition) is 2. The van der Waals surface area contributed by atoms with Gasteiger partial charge in [-0.15, -0.1) is 12.4 Å². The van der Waals surface area contributed by atoms with E-state index in [1.165, 1.54) is 5.39 Å². The molecule has 4 aromatic rings. The Balaban J connectivity index is 0.00000304. The quantitative estimate of drug-likeness (QED) is 0.306. The Bertz CT molecular complexity index is 1400. The zero-order chi connectivity index (χ0) is 24.4. The lowest BCUT2D eigenvalue weighted by atomic mass is 9.84. The van der Waals surface area contributed by atoms with Gasteiger partial charge >= 0.3 is 0 Å². The lowest BCUT2D eigenvalue weighted by Gasteiger charge is -2.34. The molecule has 3 N–H and O–H groups in total.